The molecule has 0 aromatic carbocycles. The number of ether oxygens (including phenoxy) is 7. The molecule has 0 aromatic heterocycles. The van der Waals surface area contributed by atoms with Crippen molar-refractivity contribution in [1.82, 2.24) is 0 Å². The number of carbonyl (C=O) groups is 2. The molecule has 0 saturated carbocycles. The number of allylic oxidation sites excluding steroid dienone is 2. The minimum atomic E-state index is -1.67. The molecule has 3 saturated heterocycles. The summed E-state index contributed by atoms with van der Waals surface area (Å²) in [4.78, 5) is 26.1. The maximum Gasteiger partial charge on any atom is 0.336 e. The molecule has 0 radical (unpaired) electrons. The van der Waals surface area contributed by atoms with Gasteiger partial charge in [-0.05, 0) is 67.2 Å². The van der Waals surface area contributed by atoms with Gasteiger partial charge in [-0.15, -0.1) is 13.2 Å². The molecule has 320 valence electrons. The number of aliphatic hydroxyl groups excluding tert-OH is 9. The van der Waals surface area contributed by atoms with Crippen LogP contribution in [-0.4, -0.2) is 168 Å². The van der Waals surface area contributed by atoms with Gasteiger partial charge in [-0.3, -0.25) is 0 Å². The zero-order chi connectivity index (χ0) is 42.3. The molecule has 3 fully saturated rings. The lowest BCUT2D eigenvalue weighted by Crippen LogP contribution is -2.60. The Kier molecular flexibility index (Phi) is 17.3. The minimum Gasteiger partial charge on any atom is -0.453 e. The van der Waals surface area contributed by atoms with Crippen molar-refractivity contribution >= 4 is 11.9 Å². The molecule has 56 heavy (non-hydrogen) atoms. The number of hydrogen-bond acceptors (Lipinski definition) is 18. The van der Waals surface area contributed by atoms with Crippen LogP contribution in [0.4, 0.5) is 0 Å². The van der Waals surface area contributed by atoms with Crippen LogP contribution in [0, 0.1) is 0 Å². The molecule has 0 spiro atoms. The average Bonchev–Trinajstić information content (AvgIpc) is 3.15. The van der Waals surface area contributed by atoms with E-state index in [-0.39, 0.29) is 36.8 Å². The molecule has 0 aromatic rings. The molecule has 17 atom stereocenters. The number of carbonyl (C=O) groups excluding carboxylic acids is 2. The van der Waals surface area contributed by atoms with E-state index in [0.717, 1.165) is 0 Å². The second-order valence-electron chi connectivity index (χ2n) is 14.9. The van der Waals surface area contributed by atoms with Crippen LogP contribution in [0.5, 0.6) is 0 Å². The van der Waals surface area contributed by atoms with Gasteiger partial charge in [-0.1, -0.05) is 24.3 Å². The summed E-state index contributed by atoms with van der Waals surface area (Å²) in [6, 6.07) is 0. The van der Waals surface area contributed by atoms with E-state index in [1.807, 2.05) is 0 Å². The highest BCUT2D eigenvalue weighted by Gasteiger charge is 2.49. The van der Waals surface area contributed by atoms with Gasteiger partial charge >= 0.3 is 11.9 Å². The van der Waals surface area contributed by atoms with Gasteiger partial charge in [-0.2, -0.15) is 0 Å². The molecule has 0 aliphatic carbocycles. The van der Waals surface area contributed by atoms with Crippen molar-refractivity contribution in [3.63, 3.8) is 0 Å². The lowest BCUT2D eigenvalue weighted by molar-refractivity contribution is -0.315. The minimum absolute atomic E-state index is 0.106. The molecule has 0 bridgehead atoms. The van der Waals surface area contributed by atoms with Gasteiger partial charge in [0.05, 0.1) is 41.7 Å². The lowest BCUT2D eigenvalue weighted by atomic mass is 9.96. The van der Waals surface area contributed by atoms with Crippen molar-refractivity contribution in [3.05, 3.63) is 48.6 Å². The Bertz CT molecular complexity index is 1400. The first kappa shape index (κ1) is 47.7. The van der Waals surface area contributed by atoms with Gasteiger partial charge in [0.15, 0.2) is 31.1 Å². The average molecular weight is 805 g/mol. The number of esters is 2. The molecular weight excluding hydrogens is 744 g/mol. The van der Waals surface area contributed by atoms with Gasteiger partial charge in [0.25, 0.3) is 0 Å². The monoisotopic (exact) mass is 804 g/mol. The van der Waals surface area contributed by atoms with E-state index in [1.165, 1.54) is 45.9 Å². The summed E-state index contributed by atoms with van der Waals surface area (Å²) >= 11 is 0. The summed E-state index contributed by atoms with van der Waals surface area (Å²) in [5.74, 6) is -1.85. The maximum atomic E-state index is 13.3. The van der Waals surface area contributed by atoms with Crippen LogP contribution < -0.4 is 0 Å². The van der Waals surface area contributed by atoms with Gasteiger partial charge < -0.3 is 79.1 Å². The fraction of sp³-hybridized carbons (Fsp3) is 0.737. The van der Waals surface area contributed by atoms with Crippen LogP contribution in [0.15, 0.2) is 48.6 Å². The number of aliphatic hydroxyl groups is 9. The van der Waals surface area contributed by atoms with Gasteiger partial charge in [0.1, 0.15) is 42.7 Å². The standard InChI is InChI=1S/C38H60O18/c1-9-37(7,55-35-29(46)25(42)23(40)19(4)51-35)16-12-14-22(17-39)33(48)54-31-26(43)24(41)20(5)52-36(31)56-38(8,10-2)15-11-13-18(3)32(47)53-30-21(6)50-34(49)28(45)27(30)44/h9-10,13-14,19-21,23-31,34-36,39-46,49H,1-2,11-12,15-17H2,3-8H3/b18-13+,22-14+/t19-,20-,21-,23-,24-,25+,26+,27-,28-,29-,30-,31-,34-,35+,36+,37-,38-/m1/s1. The van der Waals surface area contributed by atoms with Gasteiger partial charge in [0, 0.05) is 5.57 Å². The highest BCUT2D eigenvalue weighted by molar-refractivity contribution is 5.89. The molecule has 3 rings (SSSR count). The third-order valence-electron chi connectivity index (χ3n) is 10.4. The van der Waals surface area contributed by atoms with Crippen LogP contribution in [0.2, 0.25) is 0 Å². The van der Waals surface area contributed by atoms with Crippen LogP contribution in [-0.2, 0) is 42.7 Å². The maximum absolute atomic E-state index is 13.3. The summed E-state index contributed by atoms with van der Waals surface area (Å²) < 4.78 is 39.5. The second kappa shape index (κ2) is 20.3. The first-order valence-electron chi connectivity index (χ1n) is 18.5. The van der Waals surface area contributed by atoms with Crippen molar-refractivity contribution < 1.29 is 88.7 Å². The Morgan fingerprint density at radius 3 is 1.66 bits per heavy atom. The predicted molar refractivity (Wildman–Crippen MR) is 194 cm³/mol. The molecule has 0 amide bonds. The molecule has 3 heterocycles. The molecule has 3 aliphatic heterocycles. The molecule has 3 aliphatic rings. The Balaban J connectivity index is 1.66. The van der Waals surface area contributed by atoms with Crippen molar-refractivity contribution in [3.8, 4) is 0 Å². The van der Waals surface area contributed by atoms with Crippen LogP contribution in [0.25, 0.3) is 0 Å². The fourth-order valence-electron chi connectivity index (χ4n) is 6.29. The third kappa shape index (κ3) is 11.7. The van der Waals surface area contributed by atoms with Gasteiger partial charge in [0.2, 0.25) is 0 Å². The van der Waals surface area contributed by atoms with Gasteiger partial charge in [-0.25, -0.2) is 9.59 Å². The smallest absolute Gasteiger partial charge is 0.336 e. The quantitative estimate of drug-likeness (QED) is 0.0480. The summed E-state index contributed by atoms with van der Waals surface area (Å²) in [6.07, 6.45) is -14.2. The van der Waals surface area contributed by atoms with E-state index < -0.39 is 122 Å². The topological polar surface area (TPSA) is 281 Å². The zero-order valence-corrected chi connectivity index (χ0v) is 32.6. The Morgan fingerprint density at radius 2 is 1.11 bits per heavy atom. The van der Waals surface area contributed by atoms with Crippen LogP contribution in [0.1, 0.15) is 67.2 Å². The van der Waals surface area contributed by atoms with Crippen molar-refractivity contribution in [1.29, 1.82) is 0 Å². The highest BCUT2D eigenvalue weighted by atomic mass is 16.7. The fourth-order valence-corrected chi connectivity index (χ4v) is 6.29. The summed E-state index contributed by atoms with van der Waals surface area (Å²) in [5.41, 5.74) is -2.43. The zero-order valence-electron chi connectivity index (χ0n) is 32.6. The largest absolute Gasteiger partial charge is 0.453 e. The van der Waals surface area contributed by atoms with Crippen molar-refractivity contribution in [2.24, 2.45) is 0 Å². The molecule has 9 N–H and O–H groups in total. The highest BCUT2D eigenvalue weighted by Crippen LogP contribution is 2.32. The van der Waals surface area contributed by atoms with E-state index in [0.29, 0.717) is 0 Å². The summed E-state index contributed by atoms with van der Waals surface area (Å²) in [6.45, 7) is 16.0. The molecule has 18 heteroatoms. The number of hydrogen-bond donors (Lipinski definition) is 9. The predicted octanol–water partition coefficient (Wildman–Crippen LogP) is -1.09. The van der Waals surface area contributed by atoms with E-state index in [2.05, 4.69) is 13.2 Å². The van der Waals surface area contributed by atoms with Crippen molar-refractivity contribution in [2.75, 3.05) is 6.61 Å². The third-order valence-corrected chi connectivity index (χ3v) is 10.4. The molecule has 18 nitrogen and oxygen atoms in total. The molecular formula is C38H60O18. The lowest BCUT2D eigenvalue weighted by Gasteiger charge is -2.43. The van der Waals surface area contributed by atoms with Crippen molar-refractivity contribution in [2.45, 2.75) is 171 Å². The second-order valence-corrected chi connectivity index (χ2v) is 14.9. The van der Waals surface area contributed by atoms with E-state index in [1.54, 1.807) is 19.9 Å². The van der Waals surface area contributed by atoms with E-state index in [9.17, 15) is 55.5 Å². The summed E-state index contributed by atoms with van der Waals surface area (Å²) in [5, 5.41) is 92.1. The van der Waals surface area contributed by atoms with Crippen LogP contribution in [0.3, 0.4) is 0 Å². The SMILES string of the molecule is C=C[C@](C)(CC/C=C(\CO)C(=O)O[C@H]1[C@H](O[C@](C)(C=C)CC/C=C(\C)C(=O)O[C@H]2[C@H](O)[C@@H](O)[C@H](O)O[C@@H]2C)O[C@H](C)[C@@H](O)[C@@H]1O)O[C@@H]1O[C@H](C)[C@@H](O)[C@H](O)[C@H]1O. The van der Waals surface area contributed by atoms with Crippen LogP contribution >= 0.6 is 0 Å². The molecule has 0 unspecified atom stereocenters. The Labute approximate surface area is 326 Å². The van der Waals surface area contributed by atoms with E-state index >= 15 is 0 Å². The Morgan fingerprint density at radius 1 is 0.625 bits per heavy atom. The Hall–Kier alpha value is -2.66. The summed E-state index contributed by atoms with van der Waals surface area (Å²) in [7, 11) is 0. The number of rotatable bonds is 17. The first-order valence-corrected chi connectivity index (χ1v) is 18.5. The first-order chi connectivity index (χ1) is 26.1. The normalized spacial score (nSPS) is 39.2. The van der Waals surface area contributed by atoms with E-state index in [4.69, 9.17) is 33.2 Å².